The molecule has 0 amide bonds. The fourth-order valence-corrected chi connectivity index (χ4v) is 3.50. The third-order valence-corrected chi connectivity index (χ3v) is 4.90. The molecule has 1 N–H and O–H groups in total. The van der Waals surface area contributed by atoms with E-state index in [1.54, 1.807) is 12.1 Å². The maximum atomic E-state index is 13.1. The molecule has 134 valence electrons. The molecule has 4 rings (SSSR count). The third kappa shape index (κ3) is 3.62. The number of aromatic nitrogens is 2. The van der Waals surface area contributed by atoms with Gasteiger partial charge in [0.2, 0.25) is 5.95 Å². The number of fused-ring (bicyclic) bond motifs is 1. The number of benzene rings is 2. The van der Waals surface area contributed by atoms with Gasteiger partial charge in [0.15, 0.2) is 0 Å². The molecule has 0 bridgehead atoms. The minimum atomic E-state index is -0.220. The van der Waals surface area contributed by atoms with Crippen LogP contribution in [0.3, 0.4) is 0 Å². The first-order valence-corrected chi connectivity index (χ1v) is 9.19. The molecule has 26 heavy (non-hydrogen) atoms. The van der Waals surface area contributed by atoms with Crippen molar-refractivity contribution in [2.24, 2.45) is 5.92 Å². The van der Waals surface area contributed by atoms with E-state index in [1.807, 2.05) is 24.3 Å². The number of piperidine rings is 1. The van der Waals surface area contributed by atoms with Gasteiger partial charge < -0.3 is 10.2 Å². The highest BCUT2D eigenvalue weighted by Gasteiger charge is 2.20. The highest BCUT2D eigenvalue weighted by atomic mass is 19.1. The largest absolute Gasteiger partial charge is 0.365 e. The third-order valence-electron chi connectivity index (χ3n) is 4.90. The van der Waals surface area contributed by atoms with Crippen molar-refractivity contribution in [2.75, 3.05) is 23.3 Å². The van der Waals surface area contributed by atoms with Gasteiger partial charge in [0.05, 0.1) is 5.52 Å². The molecule has 1 aliphatic rings. The second-order valence-electron chi connectivity index (χ2n) is 7.06. The lowest BCUT2D eigenvalue weighted by Crippen LogP contribution is -2.35. The van der Waals surface area contributed by atoms with E-state index in [-0.39, 0.29) is 5.82 Å². The van der Waals surface area contributed by atoms with Crippen molar-refractivity contribution in [3.05, 3.63) is 59.9 Å². The maximum absolute atomic E-state index is 13.1. The zero-order chi connectivity index (χ0) is 17.9. The average Bonchev–Trinajstić information content (AvgIpc) is 2.67. The van der Waals surface area contributed by atoms with E-state index < -0.39 is 0 Å². The van der Waals surface area contributed by atoms with Crippen molar-refractivity contribution < 1.29 is 4.39 Å². The predicted octanol–water partition coefficient (Wildman–Crippen LogP) is 4.62. The van der Waals surface area contributed by atoms with Crippen molar-refractivity contribution in [1.29, 1.82) is 0 Å². The maximum Gasteiger partial charge on any atom is 0.227 e. The van der Waals surface area contributed by atoms with Crippen molar-refractivity contribution in [2.45, 2.75) is 26.3 Å². The number of nitrogens with one attached hydrogen (secondary N) is 1. The molecule has 0 saturated carbocycles. The highest BCUT2D eigenvalue weighted by Crippen LogP contribution is 2.26. The van der Waals surface area contributed by atoms with E-state index in [0.717, 1.165) is 41.3 Å². The first-order valence-electron chi connectivity index (χ1n) is 9.19. The van der Waals surface area contributed by atoms with Gasteiger partial charge in [0.25, 0.3) is 0 Å². The van der Waals surface area contributed by atoms with Gasteiger partial charge >= 0.3 is 0 Å². The first kappa shape index (κ1) is 16.8. The second-order valence-corrected chi connectivity index (χ2v) is 7.06. The Labute approximate surface area is 153 Å². The Bertz CT molecular complexity index is 894. The summed E-state index contributed by atoms with van der Waals surface area (Å²) in [5.74, 6) is 2.06. The molecular weight excluding hydrogens is 327 g/mol. The smallest absolute Gasteiger partial charge is 0.227 e. The van der Waals surface area contributed by atoms with Crippen molar-refractivity contribution >= 4 is 22.7 Å². The molecule has 2 aromatic carbocycles. The number of rotatable bonds is 4. The van der Waals surface area contributed by atoms with Crippen molar-refractivity contribution in [1.82, 2.24) is 9.97 Å². The quantitative estimate of drug-likeness (QED) is 0.745. The predicted molar refractivity (Wildman–Crippen MR) is 104 cm³/mol. The molecule has 2 heterocycles. The zero-order valence-corrected chi connectivity index (χ0v) is 15.0. The number of para-hydroxylation sites is 1. The fourth-order valence-electron chi connectivity index (χ4n) is 3.50. The Hall–Kier alpha value is -2.69. The van der Waals surface area contributed by atoms with Crippen LogP contribution in [0.25, 0.3) is 10.9 Å². The SMILES string of the molecule is CC1CCCN(c2nc(NCc3ccc(F)cc3)c3ccccc3n2)C1. The van der Waals surface area contributed by atoms with Crippen LogP contribution in [0.4, 0.5) is 16.2 Å². The van der Waals surface area contributed by atoms with Crippen LogP contribution in [0.2, 0.25) is 0 Å². The Morgan fingerprint density at radius 1 is 1.12 bits per heavy atom. The molecule has 0 aliphatic carbocycles. The summed E-state index contributed by atoms with van der Waals surface area (Å²) in [6, 6.07) is 14.6. The zero-order valence-electron chi connectivity index (χ0n) is 15.0. The molecular formula is C21H23FN4. The normalized spacial score (nSPS) is 17.5. The monoisotopic (exact) mass is 350 g/mol. The first-order chi connectivity index (χ1) is 12.7. The Kier molecular flexibility index (Phi) is 4.69. The van der Waals surface area contributed by atoms with Crippen molar-refractivity contribution in [3.63, 3.8) is 0 Å². The van der Waals surface area contributed by atoms with E-state index in [1.165, 1.54) is 25.0 Å². The van der Waals surface area contributed by atoms with Gasteiger partial charge in [-0.1, -0.05) is 31.2 Å². The number of hydrogen-bond donors (Lipinski definition) is 1. The number of hydrogen-bond acceptors (Lipinski definition) is 4. The van der Waals surface area contributed by atoms with E-state index in [9.17, 15) is 4.39 Å². The van der Waals surface area contributed by atoms with Crippen LogP contribution in [-0.2, 0) is 6.54 Å². The summed E-state index contributed by atoms with van der Waals surface area (Å²) in [5.41, 5.74) is 1.96. The molecule has 1 aromatic heterocycles. The van der Waals surface area contributed by atoms with E-state index >= 15 is 0 Å². The van der Waals surface area contributed by atoms with Crippen LogP contribution in [-0.4, -0.2) is 23.1 Å². The summed E-state index contributed by atoms with van der Waals surface area (Å²) in [4.78, 5) is 11.9. The standard InChI is InChI=1S/C21H23FN4/c1-15-5-4-12-26(14-15)21-24-19-7-3-2-6-18(19)20(25-21)23-13-16-8-10-17(22)11-9-16/h2-3,6-11,15H,4-5,12-14H2,1H3,(H,23,24,25). The summed E-state index contributed by atoms with van der Waals surface area (Å²) >= 11 is 0. The fraction of sp³-hybridized carbons (Fsp3) is 0.333. The lowest BCUT2D eigenvalue weighted by Gasteiger charge is -2.31. The Balaban J connectivity index is 1.64. The molecule has 0 spiro atoms. The van der Waals surface area contributed by atoms with Gasteiger partial charge in [-0.25, -0.2) is 9.37 Å². The van der Waals surface area contributed by atoms with E-state index in [2.05, 4.69) is 17.1 Å². The van der Waals surface area contributed by atoms with Crippen LogP contribution in [0.1, 0.15) is 25.3 Å². The molecule has 3 aromatic rings. The van der Waals surface area contributed by atoms with Gasteiger partial charge in [-0.3, -0.25) is 0 Å². The van der Waals surface area contributed by atoms with E-state index in [0.29, 0.717) is 12.5 Å². The van der Waals surface area contributed by atoms with Crippen LogP contribution >= 0.6 is 0 Å². The summed E-state index contributed by atoms with van der Waals surface area (Å²) in [7, 11) is 0. The van der Waals surface area contributed by atoms with Crippen LogP contribution in [0.5, 0.6) is 0 Å². The number of anilines is 2. The molecule has 4 nitrogen and oxygen atoms in total. The van der Waals surface area contributed by atoms with Gasteiger partial charge in [-0.15, -0.1) is 0 Å². The van der Waals surface area contributed by atoms with Crippen LogP contribution < -0.4 is 10.2 Å². The lowest BCUT2D eigenvalue weighted by atomic mass is 10.0. The Morgan fingerprint density at radius 3 is 2.73 bits per heavy atom. The Morgan fingerprint density at radius 2 is 1.92 bits per heavy atom. The molecule has 1 atom stereocenters. The van der Waals surface area contributed by atoms with Crippen LogP contribution in [0, 0.1) is 11.7 Å². The summed E-state index contributed by atoms with van der Waals surface area (Å²) in [5, 5.41) is 4.42. The summed E-state index contributed by atoms with van der Waals surface area (Å²) in [6.45, 7) is 4.87. The van der Waals surface area contributed by atoms with Crippen molar-refractivity contribution in [3.8, 4) is 0 Å². The number of halogens is 1. The van der Waals surface area contributed by atoms with Gasteiger partial charge in [0.1, 0.15) is 11.6 Å². The molecule has 0 radical (unpaired) electrons. The second kappa shape index (κ2) is 7.28. The van der Waals surface area contributed by atoms with E-state index in [4.69, 9.17) is 9.97 Å². The summed E-state index contributed by atoms with van der Waals surface area (Å²) in [6.07, 6.45) is 2.44. The molecule has 1 aliphatic heterocycles. The van der Waals surface area contributed by atoms with Gasteiger partial charge in [-0.05, 0) is 48.6 Å². The molecule has 1 saturated heterocycles. The summed E-state index contributed by atoms with van der Waals surface area (Å²) < 4.78 is 13.1. The lowest BCUT2D eigenvalue weighted by molar-refractivity contribution is 0.442. The van der Waals surface area contributed by atoms with Crippen LogP contribution in [0.15, 0.2) is 48.5 Å². The minimum Gasteiger partial charge on any atom is -0.365 e. The minimum absolute atomic E-state index is 0.220. The highest BCUT2D eigenvalue weighted by molar-refractivity contribution is 5.90. The number of nitrogens with zero attached hydrogens (tertiary/aromatic N) is 3. The van der Waals surface area contributed by atoms with Gasteiger partial charge in [0, 0.05) is 25.0 Å². The molecule has 1 unspecified atom stereocenters. The molecule has 5 heteroatoms. The topological polar surface area (TPSA) is 41.1 Å². The average molecular weight is 350 g/mol. The molecule has 1 fully saturated rings. The van der Waals surface area contributed by atoms with Gasteiger partial charge in [-0.2, -0.15) is 4.98 Å².